The first kappa shape index (κ1) is 31.4. The highest BCUT2D eigenvalue weighted by atomic mass is 32.2. The van der Waals surface area contributed by atoms with Gasteiger partial charge in [-0.25, -0.2) is 27.0 Å². The van der Waals surface area contributed by atoms with E-state index in [0.29, 0.717) is 5.56 Å². The average Bonchev–Trinajstić information content (AvgIpc) is 3.32. The number of sulfonamides is 1. The quantitative estimate of drug-likeness (QED) is 0.213. The highest BCUT2D eigenvalue weighted by Crippen LogP contribution is 2.31. The van der Waals surface area contributed by atoms with E-state index in [0.717, 1.165) is 43.0 Å². The van der Waals surface area contributed by atoms with E-state index < -0.39 is 68.5 Å². The summed E-state index contributed by atoms with van der Waals surface area (Å²) in [5.41, 5.74) is 0.189. The Morgan fingerprint density at radius 2 is 1.74 bits per heavy atom. The number of nitrogens with one attached hydrogen (secondary N) is 1. The lowest BCUT2D eigenvalue weighted by Crippen LogP contribution is -2.34. The Hall–Kier alpha value is -4.58. The van der Waals surface area contributed by atoms with Gasteiger partial charge in [-0.3, -0.25) is 14.3 Å². The van der Waals surface area contributed by atoms with E-state index in [9.17, 15) is 35.2 Å². The molecule has 0 amide bonds. The maximum atomic E-state index is 14.9. The number of hydrogen-bond donors (Lipinski definition) is 1. The highest BCUT2D eigenvalue weighted by Gasteiger charge is 2.42. The normalized spacial score (nSPS) is 13.4. The smallest absolute Gasteiger partial charge is 0.400 e. The molecule has 18 heteroatoms. The highest BCUT2D eigenvalue weighted by molar-refractivity contribution is 7.93. The van der Waals surface area contributed by atoms with Gasteiger partial charge in [-0.05, 0) is 44.5 Å². The Kier molecular flexibility index (Phi) is 8.72. The standard InChI is InChI=1S/C25H22F5N7O5S/c1-12-8-15(11-31-9-12)21-34-35-24(37(21)18-16(26)6-5-7-17(18)27)36-43(39,40)14(3)19(41-4)20-32-10-13(2)22(33-20)42-23(38)25(28,29)30/h5-11,14,19H,1-4H3,(H,35,36)/t14-,19-/m0/s1. The van der Waals surface area contributed by atoms with E-state index in [1.165, 1.54) is 19.3 Å². The molecule has 0 bridgehead atoms. The number of hydrogen-bond acceptors (Lipinski definition) is 10. The van der Waals surface area contributed by atoms with Crippen LogP contribution in [0.15, 0.2) is 42.9 Å². The summed E-state index contributed by atoms with van der Waals surface area (Å²) in [6.07, 6.45) is -2.98. The van der Waals surface area contributed by atoms with Gasteiger partial charge in [0.2, 0.25) is 21.9 Å². The number of anilines is 1. The van der Waals surface area contributed by atoms with Gasteiger partial charge in [0.05, 0.1) is 0 Å². The molecule has 0 unspecified atom stereocenters. The molecule has 3 heterocycles. The molecule has 0 aliphatic heterocycles. The van der Waals surface area contributed by atoms with Crippen molar-refractivity contribution in [2.24, 2.45) is 0 Å². The second kappa shape index (κ2) is 12.0. The molecule has 0 saturated heterocycles. The Balaban J connectivity index is 1.74. The number of carbonyl (C=O) groups excluding carboxylic acids is 1. The molecule has 0 radical (unpaired) electrons. The lowest BCUT2D eigenvalue weighted by atomic mass is 10.2. The molecule has 2 atom stereocenters. The van der Waals surface area contributed by atoms with Crippen molar-refractivity contribution >= 4 is 21.9 Å². The second-order valence-electron chi connectivity index (χ2n) is 9.12. The number of methoxy groups -OCH3 is 1. The number of nitrogens with zero attached hydrogens (tertiary/aromatic N) is 6. The molecule has 0 spiro atoms. The summed E-state index contributed by atoms with van der Waals surface area (Å²) in [4.78, 5) is 23.1. The van der Waals surface area contributed by atoms with E-state index in [1.807, 2.05) is 0 Å². The second-order valence-corrected chi connectivity index (χ2v) is 11.2. The zero-order chi connectivity index (χ0) is 31.7. The largest absolute Gasteiger partial charge is 0.491 e. The van der Waals surface area contributed by atoms with Gasteiger partial charge in [0.15, 0.2) is 11.6 Å². The van der Waals surface area contributed by atoms with Crippen LogP contribution in [0.1, 0.15) is 30.0 Å². The molecule has 228 valence electrons. The number of benzene rings is 1. The van der Waals surface area contributed by atoms with Gasteiger partial charge in [-0.15, -0.1) is 10.2 Å². The first-order valence-electron chi connectivity index (χ1n) is 12.1. The third-order valence-electron chi connectivity index (χ3n) is 5.98. The van der Waals surface area contributed by atoms with Crippen molar-refractivity contribution in [2.75, 3.05) is 11.8 Å². The van der Waals surface area contributed by atoms with Crippen molar-refractivity contribution < 1.29 is 44.6 Å². The summed E-state index contributed by atoms with van der Waals surface area (Å²) in [5.74, 6) is -6.62. The van der Waals surface area contributed by atoms with Gasteiger partial charge >= 0.3 is 12.1 Å². The SMILES string of the molecule is CO[C@H](c1ncc(C)c(OC(=O)C(F)(F)F)n1)[C@H](C)S(=O)(=O)Nc1nnc(-c2cncc(C)c2)n1-c1c(F)cccc1F. The Morgan fingerprint density at radius 3 is 2.35 bits per heavy atom. The van der Waals surface area contributed by atoms with Gasteiger partial charge in [0.1, 0.15) is 28.7 Å². The van der Waals surface area contributed by atoms with E-state index in [2.05, 4.69) is 34.6 Å². The van der Waals surface area contributed by atoms with Crippen LogP contribution in [0.3, 0.4) is 0 Å². The molecule has 3 aromatic heterocycles. The van der Waals surface area contributed by atoms with Gasteiger partial charge in [-0.2, -0.15) is 18.2 Å². The van der Waals surface area contributed by atoms with Crippen LogP contribution in [0.5, 0.6) is 5.88 Å². The molecule has 43 heavy (non-hydrogen) atoms. The van der Waals surface area contributed by atoms with Crippen molar-refractivity contribution in [1.82, 2.24) is 29.7 Å². The summed E-state index contributed by atoms with van der Waals surface area (Å²) in [6.45, 7) is 4.12. The van der Waals surface area contributed by atoms with Crippen LogP contribution >= 0.6 is 0 Å². The van der Waals surface area contributed by atoms with Crippen LogP contribution in [0.4, 0.5) is 27.9 Å². The summed E-state index contributed by atoms with van der Waals surface area (Å²) in [7, 11) is -3.52. The fourth-order valence-electron chi connectivity index (χ4n) is 3.84. The lowest BCUT2D eigenvalue weighted by Gasteiger charge is -2.23. The van der Waals surface area contributed by atoms with E-state index >= 15 is 0 Å². The number of aryl methyl sites for hydroxylation is 2. The van der Waals surface area contributed by atoms with Crippen molar-refractivity contribution in [3.05, 3.63) is 71.4 Å². The van der Waals surface area contributed by atoms with Crippen LogP contribution in [-0.2, 0) is 19.6 Å². The number of aromatic nitrogens is 6. The molecule has 0 fully saturated rings. The van der Waals surface area contributed by atoms with Crippen LogP contribution in [0.25, 0.3) is 17.1 Å². The minimum Gasteiger partial charge on any atom is -0.400 e. The third-order valence-corrected chi connectivity index (χ3v) is 7.67. The zero-order valence-corrected chi connectivity index (χ0v) is 23.5. The molecule has 1 N–H and O–H groups in total. The monoisotopic (exact) mass is 627 g/mol. The fourth-order valence-corrected chi connectivity index (χ4v) is 4.97. The Morgan fingerprint density at radius 1 is 1.07 bits per heavy atom. The van der Waals surface area contributed by atoms with Crippen molar-refractivity contribution in [3.63, 3.8) is 0 Å². The average molecular weight is 628 g/mol. The first-order valence-corrected chi connectivity index (χ1v) is 13.7. The number of rotatable bonds is 9. The number of para-hydroxylation sites is 1. The minimum atomic E-state index is -5.32. The van der Waals surface area contributed by atoms with Gasteiger partial charge < -0.3 is 9.47 Å². The molecule has 12 nitrogen and oxygen atoms in total. The van der Waals surface area contributed by atoms with E-state index in [-0.39, 0.29) is 17.0 Å². The maximum absolute atomic E-state index is 14.9. The lowest BCUT2D eigenvalue weighted by molar-refractivity contribution is -0.190. The predicted octanol–water partition coefficient (Wildman–Crippen LogP) is 4.00. The summed E-state index contributed by atoms with van der Waals surface area (Å²) < 4.78 is 108. The Bertz CT molecular complexity index is 1760. The Labute approximate surface area is 241 Å². The molecular weight excluding hydrogens is 605 g/mol. The zero-order valence-electron chi connectivity index (χ0n) is 22.7. The van der Waals surface area contributed by atoms with Crippen LogP contribution in [0.2, 0.25) is 0 Å². The topological polar surface area (TPSA) is 151 Å². The number of halogens is 5. The number of pyridine rings is 1. The molecule has 0 aliphatic rings. The first-order chi connectivity index (χ1) is 20.1. The van der Waals surface area contributed by atoms with Crippen molar-refractivity contribution in [3.8, 4) is 23.0 Å². The van der Waals surface area contributed by atoms with E-state index in [4.69, 9.17) is 4.74 Å². The van der Waals surface area contributed by atoms with Crippen LogP contribution in [0, 0.1) is 25.5 Å². The number of esters is 1. The summed E-state index contributed by atoms with van der Waals surface area (Å²) >= 11 is 0. The molecule has 4 rings (SSSR count). The third kappa shape index (κ3) is 6.59. The maximum Gasteiger partial charge on any atom is 0.491 e. The van der Waals surface area contributed by atoms with Gasteiger partial charge in [0, 0.05) is 36.8 Å². The fraction of sp³-hybridized carbons (Fsp3) is 0.280. The molecule has 0 aliphatic carbocycles. The van der Waals surface area contributed by atoms with Crippen LogP contribution in [-0.4, -0.2) is 62.6 Å². The van der Waals surface area contributed by atoms with Crippen molar-refractivity contribution in [2.45, 2.75) is 38.3 Å². The molecule has 1 aromatic carbocycles. The van der Waals surface area contributed by atoms with E-state index in [1.54, 1.807) is 13.0 Å². The predicted molar refractivity (Wildman–Crippen MR) is 139 cm³/mol. The van der Waals surface area contributed by atoms with Gasteiger partial charge in [0.25, 0.3) is 0 Å². The molecular formula is C25H22F5N7O5S. The van der Waals surface area contributed by atoms with Crippen LogP contribution < -0.4 is 9.46 Å². The number of ether oxygens (including phenoxy) is 2. The number of carbonyl (C=O) groups is 1. The molecule has 4 aromatic rings. The minimum absolute atomic E-state index is 0.0528. The van der Waals surface area contributed by atoms with Gasteiger partial charge in [-0.1, -0.05) is 6.07 Å². The summed E-state index contributed by atoms with van der Waals surface area (Å²) in [5, 5.41) is 6.15. The van der Waals surface area contributed by atoms with Crippen molar-refractivity contribution in [1.29, 1.82) is 0 Å². The molecule has 0 saturated carbocycles. The number of alkyl halides is 3. The summed E-state index contributed by atoms with van der Waals surface area (Å²) in [6, 6.07) is 4.61.